The van der Waals surface area contributed by atoms with E-state index < -0.39 is 0 Å². The van der Waals surface area contributed by atoms with E-state index in [0.717, 1.165) is 26.2 Å². The Bertz CT molecular complexity index is 482. The molecule has 5 nitrogen and oxygen atoms in total. The minimum Gasteiger partial charge on any atom is -0.383 e. The first kappa shape index (κ1) is 15.6. The SMILES string of the molecule is COCCNC(=O)N1CCN(c2cccc(C)c2C)CC1. The summed E-state index contributed by atoms with van der Waals surface area (Å²) in [5.41, 5.74) is 3.93. The van der Waals surface area contributed by atoms with E-state index in [1.165, 1.54) is 16.8 Å². The van der Waals surface area contributed by atoms with Crippen LogP contribution in [0.1, 0.15) is 11.1 Å². The van der Waals surface area contributed by atoms with Crippen molar-refractivity contribution in [3.05, 3.63) is 29.3 Å². The molecule has 116 valence electrons. The molecular weight excluding hydrogens is 266 g/mol. The average Bonchev–Trinajstić information content (AvgIpc) is 2.50. The highest BCUT2D eigenvalue weighted by atomic mass is 16.5. The summed E-state index contributed by atoms with van der Waals surface area (Å²) in [4.78, 5) is 16.2. The van der Waals surface area contributed by atoms with E-state index in [2.05, 4.69) is 42.3 Å². The molecule has 1 heterocycles. The zero-order valence-corrected chi connectivity index (χ0v) is 13.2. The molecule has 0 bridgehead atoms. The van der Waals surface area contributed by atoms with Crippen molar-refractivity contribution < 1.29 is 9.53 Å². The van der Waals surface area contributed by atoms with Gasteiger partial charge in [-0.3, -0.25) is 0 Å². The Morgan fingerprint density at radius 3 is 2.62 bits per heavy atom. The lowest BCUT2D eigenvalue weighted by Gasteiger charge is -2.37. The predicted octanol–water partition coefficient (Wildman–Crippen LogP) is 1.78. The second-order valence-electron chi connectivity index (χ2n) is 5.42. The highest BCUT2D eigenvalue weighted by molar-refractivity contribution is 5.74. The first-order chi connectivity index (χ1) is 10.1. The number of ether oxygens (including phenoxy) is 1. The summed E-state index contributed by atoms with van der Waals surface area (Å²) in [6, 6.07) is 6.41. The number of anilines is 1. The van der Waals surface area contributed by atoms with Crippen molar-refractivity contribution in [1.82, 2.24) is 10.2 Å². The van der Waals surface area contributed by atoms with Gasteiger partial charge in [0, 0.05) is 45.5 Å². The summed E-state index contributed by atoms with van der Waals surface area (Å²) >= 11 is 0. The van der Waals surface area contributed by atoms with Crippen LogP contribution in [-0.2, 0) is 4.74 Å². The van der Waals surface area contributed by atoms with Gasteiger partial charge < -0.3 is 19.9 Å². The molecule has 1 aliphatic heterocycles. The highest BCUT2D eigenvalue weighted by Gasteiger charge is 2.21. The molecule has 0 unspecified atom stereocenters. The summed E-state index contributed by atoms with van der Waals surface area (Å²) in [5.74, 6) is 0. The molecule has 1 aliphatic rings. The van der Waals surface area contributed by atoms with E-state index in [0.29, 0.717) is 13.2 Å². The Hall–Kier alpha value is -1.75. The van der Waals surface area contributed by atoms with E-state index in [4.69, 9.17) is 4.74 Å². The van der Waals surface area contributed by atoms with Crippen LogP contribution in [0.5, 0.6) is 0 Å². The summed E-state index contributed by atoms with van der Waals surface area (Å²) in [7, 11) is 1.63. The third kappa shape index (κ3) is 3.88. The maximum absolute atomic E-state index is 12.0. The number of nitrogens with one attached hydrogen (secondary N) is 1. The van der Waals surface area contributed by atoms with Crippen molar-refractivity contribution >= 4 is 11.7 Å². The summed E-state index contributed by atoms with van der Waals surface area (Å²) in [5, 5.41) is 2.87. The molecule has 1 aromatic carbocycles. The van der Waals surface area contributed by atoms with Gasteiger partial charge in [-0.15, -0.1) is 0 Å². The van der Waals surface area contributed by atoms with E-state index in [-0.39, 0.29) is 6.03 Å². The van der Waals surface area contributed by atoms with Gasteiger partial charge in [0.2, 0.25) is 0 Å². The molecule has 5 heteroatoms. The van der Waals surface area contributed by atoms with Gasteiger partial charge in [0.25, 0.3) is 0 Å². The van der Waals surface area contributed by atoms with Gasteiger partial charge in [-0.1, -0.05) is 12.1 Å². The Kier molecular flexibility index (Phi) is 5.44. The van der Waals surface area contributed by atoms with Crippen LogP contribution in [0.2, 0.25) is 0 Å². The number of carbonyl (C=O) groups is 1. The molecule has 0 radical (unpaired) electrons. The van der Waals surface area contributed by atoms with Crippen molar-refractivity contribution in [2.45, 2.75) is 13.8 Å². The van der Waals surface area contributed by atoms with Gasteiger partial charge in [-0.05, 0) is 31.0 Å². The Labute approximate surface area is 126 Å². The van der Waals surface area contributed by atoms with Crippen LogP contribution in [0.3, 0.4) is 0 Å². The average molecular weight is 291 g/mol. The zero-order valence-electron chi connectivity index (χ0n) is 13.2. The van der Waals surface area contributed by atoms with E-state index in [9.17, 15) is 4.79 Å². The van der Waals surface area contributed by atoms with Crippen molar-refractivity contribution in [2.75, 3.05) is 51.3 Å². The monoisotopic (exact) mass is 291 g/mol. The lowest BCUT2D eigenvalue weighted by Crippen LogP contribution is -2.52. The molecule has 0 atom stereocenters. The van der Waals surface area contributed by atoms with Crippen LogP contribution >= 0.6 is 0 Å². The molecule has 0 saturated carbocycles. The Morgan fingerprint density at radius 1 is 1.24 bits per heavy atom. The highest BCUT2D eigenvalue weighted by Crippen LogP contribution is 2.23. The Balaban J connectivity index is 1.88. The lowest BCUT2D eigenvalue weighted by molar-refractivity contribution is 0.177. The van der Waals surface area contributed by atoms with E-state index in [1.807, 2.05) is 4.90 Å². The quantitative estimate of drug-likeness (QED) is 0.860. The molecule has 1 aromatic rings. The maximum atomic E-state index is 12.0. The number of hydrogen-bond acceptors (Lipinski definition) is 3. The van der Waals surface area contributed by atoms with Gasteiger partial charge >= 0.3 is 6.03 Å². The molecule has 0 aliphatic carbocycles. The molecule has 1 saturated heterocycles. The van der Waals surface area contributed by atoms with Crippen LogP contribution in [0.25, 0.3) is 0 Å². The van der Waals surface area contributed by atoms with E-state index >= 15 is 0 Å². The zero-order chi connectivity index (χ0) is 15.2. The van der Waals surface area contributed by atoms with Crippen molar-refractivity contribution in [3.8, 4) is 0 Å². The summed E-state index contributed by atoms with van der Waals surface area (Å²) in [6.45, 7) is 8.68. The second kappa shape index (κ2) is 7.31. The topological polar surface area (TPSA) is 44.8 Å². The fraction of sp³-hybridized carbons (Fsp3) is 0.562. The predicted molar refractivity (Wildman–Crippen MR) is 85.0 cm³/mol. The Morgan fingerprint density at radius 2 is 1.95 bits per heavy atom. The largest absolute Gasteiger partial charge is 0.383 e. The van der Waals surface area contributed by atoms with Gasteiger partial charge in [0.05, 0.1) is 6.61 Å². The van der Waals surface area contributed by atoms with Crippen molar-refractivity contribution in [2.24, 2.45) is 0 Å². The number of urea groups is 1. The fourth-order valence-corrected chi connectivity index (χ4v) is 2.60. The number of benzene rings is 1. The smallest absolute Gasteiger partial charge is 0.317 e. The van der Waals surface area contributed by atoms with Crippen LogP contribution in [0, 0.1) is 13.8 Å². The molecule has 21 heavy (non-hydrogen) atoms. The fourth-order valence-electron chi connectivity index (χ4n) is 2.60. The van der Waals surface area contributed by atoms with Gasteiger partial charge in [0.1, 0.15) is 0 Å². The third-order valence-corrected chi connectivity index (χ3v) is 4.07. The molecular formula is C16H25N3O2. The van der Waals surface area contributed by atoms with Crippen LogP contribution < -0.4 is 10.2 Å². The van der Waals surface area contributed by atoms with Crippen molar-refractivity contribution in [3.63, 3.8) is 0 Å². The van der Waals surface area contributed by atoms with Gasteiger partial charge in [0.15, 0.2) is 0 Å². The standard InChI is InChI=1S/C16H25N3O2/c1-13-5-4-6-15(14(13)2)18-8-10-19(11-9-18)16(20)17-7-12-21-3/h4-6H,7-12H2,1-3H3,(H,17,20). The number of hydrogen-bond donors (Lipinski definition) is 1. The van der Waals surface area contributed by atoms with Crippen molar-refractivity contribution in [1.29, 1.82) is 0 Å². The molecule has 1 fully saturated rings. The first-order valence-corrected chi connectivity index (χ1v) is 7.46. The number of amides is 2. The summed E-state index contributed by atoms with van der Waals surface area (Å²) < 4.78 is 4.94. The van der Waals surface area contributed by atoms with Gasteiger partial charge in [-0.25, -0.2) is 4.79 Å². The summed E-state index contributed by atoms with van der Waals surface area (Å²) in [6.07, 6.45) is 0. The second-order valence-corrected chi connectivity index (χ2v) is 5.42. The number of rotatable bonds is 4. The number of aryl methyl sites for hydroxylation is 1. The normalized spacial score (nSPS) is 15.2. The maximum Gasteiger partial charge on any atom is 0.317 e. The van der Waals surface area contributed by atoms with Crippen LogP contribution in [0.15, 0.2) is 18.2 Å². The van der Waals surface area contributed by atoms with Crippen LogP contribution in [0.4, 0.5) is 10.5 Å². The van der Waals surface area contributed by atoms with Gasteiger partial charge in [-0.2, -0.15) is 0 Å². The molecule has 2 rings (SSSR count). The molecule has 0 spiro atoms. The molecule has 1 N–H and O–H groups in total. The first-order valence-electron chi connectivity index (χ1n) is 7.46. The number of piperazine rings is 1. The third-order valence-electron chi connectivity index (χ3n) is 4.07. The lowest BCUT2D eigenvalue weighted by atomic mass is 10.1. The number of carbonyl (C=O) groups excluding carboxylic acids is 1. The van der Waals surface area contributed by atoms with Crippen LogP contribution in [-0.4, -0.2) is 57.4 Å². The molecule has 2 amide bonds. The number of nitrogens with zero attached hydrogens (tertiary/aromatic N) is 2. The molecule has 0 aromatic heterocycles. The minimum atomic E-state index is 0.00710. The number of methoxy groups -OCH3 is 1. The van der Waals surface area contributed by atoms with E-state index in [1.54, 1.807) is 7.11 Å². The minimum absolute atomic E-state index is 0.00710.